The Labute approximate surface area is 187 Å². The predicted octanol–water partition coefficient (Wildman–Crippen LogP) is 3.78. The number of hydrogen-bond donors (Lipinski definition) is 0. The molecule has 3 aromatic rings. The number of sulfonamides is 1. The summed E-state index contributed by atoms with van der Waals surface area (Å²) in [7, 11) is -2.09. The maximum Gasteiger partial charge on any atom is 0.243 e. The summed E-state index contributed by atoms with van der Waals surface area (Å²) in [6.07, 6.45) is 5.60. The molecule has 0 N–H and O–H groups in total. The molecule has 1 saturated carbocycles. The second-order valence-corrected chi connectivity index (χ2v) is 10.1. The standard InChI is InChI=1S/C23H27FN4O3S/c1-27(32(29,30)23-11-5-19(6-12-23)15-18-3-4-18)16-20-17-28(26-25-20)21-7-9-22(10-8-21)31-14-2-13-24/h5-12,17-18H,2-4,13-16H2,1H3. The molecule has 0 aliphatic heterocycles. The molecule has 1 aromatic heterocycles. The summed E-state index contributed by atoms with van der Waals surface area (Å²) in [5.74, 6) is 1.41. The van der Waals surface area contributed by atoms with E-state index < -0.39 is 16.7 Å². The lowest BCUT2D eigenvalue weighted by molar-refractivity contribution is 0.289. The highest BCUT2D eigenvalue weighted by Gasteiger charge is 2.24. The van der Waals surface area contributed by atoms with Crippen LogP contribution in [0.1, 0.15) is 30.5 Å². The SMILES string of the molecule is CN(Cc1cn(-c2ccc(OCCCF)cc2)nn1)S(=O)(=O)c1ccc(CC2CC2)cc1. The summed E-state index contributed by atoms with van der Waals surface area (Å²) >= 11 is 0. The summed E-state index contributed by atoms with van der Waals surface area (Å²) in [4.78, 5) is 0.273. The first kappa shape index (κ1) is 22.4. The van der Waals surface area contributed by atoms with Gasteiger partial charge in [-0.1, -0.05) is 17.3 Å². The molecule has 32 heavy (non-hydrogen) atoms. The summed E-state index contributed by atoms with van der Waals surface area (Å²) in [5.41, 5.74) is 2.47. The third-order valence-electron chi connectivity index (χ3n) is 5.43. The van der Waals surface area contributed by atoms with E-state index >= 15 is 0 Å². The van der Waals surface area contributed by atoms with Crippen LogP contribution >= 0.6 is 0 Å². The van der Waals surface area contributed by atoms with Gasteiger partial charge in [-0.05, 0) is 67.1 Å². The Morgan fingerprint density at radius 1 is 1.12 bits per heavy atom. The molecular weight excluding hydrogens is 431 g/mol. The van der Waals surface area contributed by atoms with Gasteiger partial charge in [0.05, 0.1) is 42.3 Å². The topological polar surface area (TPSA) is 77.3 Å². The van der Waals surface area contributed by atoms with Crippen LogP contribution in [-0.4, -0.2) is 48.0 Å². The maximum absolute atomic E-state index is 12.9. The van der Waals surface area contributed by atoms with Gasteiger partial charge in [0.1, 0.15) is 5.75 Å². The first-order valence-corrected chi connectivity index (χ1v) is 12.2. The van der Waals surface area contributed by atoms with Crippen LogP contribution in [-0.2, 0) is 23.0 Å². The van der Waals surface area contributed by atoms with Crippen LogP contribution in [0, 0.1) is 5.92 Å². The molecule has 1 fully saturated rings. The van der Waals surface area contributed by atoms with Gasteiger partial charge in [-0.3, -0.25) is 4.39 Å². The third-order valence-corrected chi connectivity index (χ3v) is 7.24. The predicted molar refractivity (Wildman–Crippen MR) is 119 cm³/mol. The van der Waals surface area contributed by atoms with Crippen LogP contribution in [0.3, 0.4) is 0 Å². The van der Waals surface area contributed by atoms with Gasteiger partial charge in [-0.25, -0.2) is 13.1 Å². The Kier molecular flexibility index (Phi) is 6.86. The Hall–Kier alpha value is -2.78. The van der Waals surface area contributed by atoms with E-state index in [1.807, 2.05) is 24.3 Å². The molecule has 1 heterocycles. The van der Waals surface area contributed by atoms with Crippen molar-refractivity contribution < 1.29 is 17.5 Å². The molecule has 0 bridgehead atoms. The second-order valence-electron chi connectivity index (χ2n) is 8.09. The number of nitrogens with zero attached hydrogens (tertiary/aromatic N) is 4. The minimum atomic E-state index is -3.63. The molecule has 0 saturated heterocycles. The lowest BCUT2D eigenvalue weighted by Gasteiger charge is -2.16. The first-order valence-electron chi connectivity index (χ1n) is 10.7. The summed E-state index contributed by atoms with van der Waals surface area (Å²) in [6.45, 7) is 0.0275. The van der Waals surface area contributed by atoms with E-state index in [-0.39, 0.29) is 11.4 Å². The first-order chi connectivity index (χ1) is 15.5. The van der Waals surface area contributed by atoms with Crippen LogP contribution in [0.4, 0.5) is 4.39 Å². The largest absolute Gasteiger partial charge is 0.493 e. The number of benzene rings is 2. The zero-order chi connectivity index (χ0) is 22.6. The fourth-order valence-electron chi connectivity index (χ4n) is 3.38. The van der Waals surface area contributed by atoms with E-state index in [9.17, 15) is 12.8 Å². The molecule has 1 aliphatic carbocycles. The van der Waals surface area contributed by atoms with Crippen LogP contribution in [0.25, 0.3) is 5.69 Å². The van der Waals surface area contributed by atoms with Gasteiger partial charge in [0, 0.05) is 13.5 Å². The average molecular weight is 459 g/mol. The molecular formula is C23H27FN4O3S. The van der Waals surface area contributed by atoms with Crippen LogP contribution in [0.2, 0.25) is 0 Å². The minimum absolute atomic E-state index is 0.108. The number of rotatable bonds is 11. The van der Waals surface area contributed by atoms with Crippen molar-refractivity contribution in [2.45, 2.75) is 37.1 Å². The average Bonchev–Trinajstić information content (AvgIpc) is 3.49. The summed E-state index contributed by atoms with van der Waals surface area (Å²) in [6, 6.07) is 14.3. The van der Waals surface area contributed by atoms with Crippen molar-refractivity contribution in [3.8, 4) is 11.4 Å². The Morgan fingerprint density at radius 2 is 1.84 bits per heavy atom. The lowest BCUT2D eigenvalue weighted by Crippen LogP contribution is -2.26. The van der Waals surface area contributed by atoms with Crippen molar-refractivity contribution in [3.63, 3.8) is 0 Å². The molecule has 7 nitrogen and oxygen atoms in total. The van der Waals surface area contributed by atoms with E-state index in [2.05, 4.69) is 10.3 Å². The minimum Gasteiger partial charge on any atom is -0.493 e. The molecule has 170 valence electrons. The van der Waals surface area contributed by atoms with Gasteiger partial charge < -0.3 is 4.74 Å². The smallest absolute Gasteiger partial charge is 0.243 e. The number of aromatic nitrogens is 3. The molecule has 1 aliphatic rings. The van der Waals surface area contributed by atoms with Crippen molar-refractivity contribution >= 4 is 10.0 Å². The van der Waals surface area contributed by atoms with Gasteiger partial charge in [-0.15, -0.1) is 5.10 Å². The van der Waals surface area contributed by atoms with Crippen LogP contribution in [0.5, 0.6) is 5.75 Å². The van der Waals surface area contributed by atoms with Crippen molar-refractivity contribution in [2.24, 2.45) is 5.92 Å². The summed E-state index contributed by atoms with van der Waals surface area (Å²) < 4.78 is 46.3. The van der Waals surface area contributed by atoms with Crippen molar-refractivity contribution in [1.29, 1.82) is 0 Å². The van der Waals surface area contributed by atoms with E-state index in [0.717, 1.165) is 18.0 Å². The quantitative estimate of drug-likeness (QED) is 0.409. The van der Waals surface area contributed by atoms with Gasteiger partial charge in [0.15, 0.2) is 0 Å². The van der Waals surface area contributed by atoms with E-state index in [1.54, 1.807) is 35.1 Å². The monoisotopic (exact) mass is 458 g/mol. The normalized spacial score (nSPS) is 14.1. The zero-order valence-corrected chi connectivity index (χ0v) is 18.8. The Morgan fingerprint density at radius 3 is 2.50 bits per heavy atom. The second kappa shape index (κ2) is 9.79. The van der Waals surface area contributed by atoms with Crippen LogP contribution < -0.4 is 4.74 Å². The van der Waals surface area contributed by atoms with Gasteiger partial charge in [-0.2, -0.15) is 4.31 Å². The highest BCUT2D eigenvalue weighted by Crippen LogP contribution is 2.32. The van der Waals surface area contributed by atoms with Gasteiger partial charge >= 0.3 is 0 Å². The molecule has 4 rings (SSSR count). The number of hydrogen-bond acceptors (Lipinski definition) is 5. The molecule has 0 spiro atoms. The van der Waals surface area contributed by atoms with E-state index in [0.29, 0.717) is 24.5 Å². The fourth-order valence-corrected chi connectivity index (χ4v) is 4.52. The van der Waals surface area contributed by atoms with Crippen molar-refractivity contribution in [2.75, 3.05) is 20.3 Å². The van der Waals surface area contributed by atoms with Crippen molar-refractivity contribution in [3.05, 3.63) is 66.0 Å². The number of halogens is 1. The summed E-state index contributed by atoms with van der Waals surface area (Å²) in [5, 5.41) is 8.21. The van der Waals surface area contributed by atoms with Crippen molar-refractivity contribution in [1.82, 2.24) is 19.3 Å². The molecule has 0 radical (unpaired) electrons. The highest BCUT2D eigenvalue weighted by atomic mass is 32.2. The Balaban J connectivity index is 1.38. The lowest BCUT2D eigenvalue weighted by atomic mass is 10.1. The van der Waals surface area contributed by atoms with Crippen LogP contribution in [0.15, 0.2) is 59.6 Å². The molecule has 0 amide bonds. The van der Waals surface area contributed by atoms with E-state index in [1.165, 1.54) is 29.8 Å². The molecule has 9 heteroatoms. The molecule has 0 unspecified atom stereocenters. The Bertz CT molecular complexity index is 1130. The fraction of sp³-hybridized carbons (Fsp3) is 0.391. The maximum atomic E-state index is 12.9. The highest BCUT2D eigenvalue weighted by molar-refractivity contribution is 7.89. The number of alkyl halides is 1. The molecule has 0 atom stereocenters. The van der Waals surface area contributed by atoms with Gasteiger partial charge in [0.25, 0.3) is 0 Å². The molecule has 2 aromatic carbocycles. The van der Waals surface area contributed by atoms with Gasteiger partial charge in [0.2, 0.25) is 10.0 Å². The number of ether oxygens (including phenoxy) is 1. The third kappa shape index (κ3) is 5.52. The van der Waals surface area contributed by atoms with E-state index in [4.69, 9.17) is 4.74 Å². The zero-order valence-electron chi connectivity index (χ0n) is 18.0.